The van der Waals surface area contributed by atoms with Crippen LogP contribution in [0.25, 0.3) is 0 Å². The molecule has 2 rings (SSSR count). The van der Waals surface area contributed by atoms with Crippen LogP contribution in [0.1, 0.15) is 24.8 Å². The summed E-state index contributed by atoms with van der Waals surface area (Å²) >= 11 is 0. The lowest BCUT2D eigenvalue weighted by atomic mass is 10.2. The zero-order chi connectivity index (χ0) is 7.68. The molecule has 5 nitrogen and oxygen atoms in total. The van der Waals surface area contributed by atoms with Gasteiger partial charge in [0, 0.05) is 6.61 Å². The Balaban J connectivity index is 2.15. The number of ether oxygens (including phenoxy) is 1. The molecule has 1 aromatic heterocycles. The SMILES string of the molecule is Nc1n[nH]c([C@@H]2CCCO2)n1. The molecule has 2 heterocycles. The normalized spacial score (nSPS) is 24.2. The van der Waals surface area contributed by atoms with Crippen LogP contribution in [0.4, 0.5) is 5.95 Å². The number of anilines is 1. The van der Waals surface area contributed by atoms with Crippen LogP contribution >= 0.6 is 0 Å². The van der Waals surface area contributed by atoms with Crippen LogP contribution in [0.2, 0.25) is 0 Å². The highest BCUT2D eigenvalue weighted by Crippen LogP contribution is 2.25. The summed E-state index contributed by atoms with van der Waals surface area (Å²) in [4.78, 5) is 3.98. The van der Waals surface area contributed by atoms with E-state index in [0.29, 0.717) is 0 Å². The Bertz CT molecular complexity index is 240. The van der Waals surface area contributed by atoms with E-state index in [0.717, 1.165) is 25.3 Å². The molecule has 0 aromatic carbocycles. The molecule has 1 atom stereocenters. The summed E-state index contributed by atoms with van der Waals surface area (Å²) in [7, 11) is 0. The predicted octanol–water partition coefficient (Wildman–Crippen LogP) is 0.238. The first-order valence-electron chi connectivity index (χ1n) is 3.65. The van der Waals surface area contributed by atoms with E-state index in [1.807, 2.05) is 0 Å². The lowest BCUT2D eigenvalue weighted by Gasteiger charge is -2.02. The molecule has 60 valence electrons. The van der Waals surface area contributed by atoms with E-state index in [1.54, 1.807) is 0 Å². The van der Waals surface area contributed by atoms with Crippen LogP contribution in [0.3, 0.4) is 0 Å². The fraction of sp³-hybridized carbons (Fsp3) is 0.667. The summed E-state index contributed by atoms with van der Waals surface area (Å²) in [5.74, 6) is 1.04. The molecule has 0 spiro atoms. The molecule has 1 aromatic rings. The van der Waals surface area contributed by atoms with Gasteiger partial charge in [-0.1, -0.05) is 0 Å². The Kier molecular flexibility index (Phi) is 1.50. The lowest BCUT2D eigenvalue weighted by molar-refractivity contribution is 0.105. The van der Waals surface area contributed by atoms with Crippen LogP contribution in [-0.4, -0.2) is 21.8 Å². The fourth-order valence-electron chi connectivity index (χ4n) is 1.23. The second-order valence-electron chi connectivity index (χ2n) is 2.58. The molecule has 3 N–H and O–H groups in total. The molecule has 11 heavy (non-hydrogen) atoms. The van der Waals surface area contributed by atoms with Crippen molar-refractivity contribution in [3.8, 4) is 0 Å². The van der Waals surface area contributed by atoms with Gasteiger partial charge in [-0.2, -0.15) is 4.98 Å². The van der Waals surface area contributed by atoms with Gasteiger partial charge in [0.25, 0.3) is 0 Å². The largest absolute Gasteiger partial charge is 0.370 e. The van der Waals surface area contributed by atoms with Crippen LogP contribution < -0.4 is 5.73 Å². The zero-order valence-electron chi connectivity index (χ0n) is 6.08. The molecule has 1 fully saturated rings. The first-order valence-corrected chi connectivity index (χ1v) is 3.65. The van der Waals surface area contributed by atoms with E-state index < -0.39 is 0 Å². The maximum absolute atomic E-state index is 5.36. The highest BCUT2D eigenvalue weighted by Gasteiger charge is 2.20. The summed E-state index contributed by atoms with van der Waals surface area (Å²) in [6, 6.07) is 0. The standard InChI is InChI=1S/C6H10N4O/c7-6-8-5(9-10-6)4-2-1-3-11-4/h4H,1-3H2,(H3,7,8,9,10)/t4-/m0/s1. The van der Waals surface area contributed by atoms with Gasteiger partial charge in [-0.05, 0) is 12.8 Å². The third-order valence-corrected chi connectivity index (χ3v) is 1.75. The third-order valence-electron chi connectivity index (χ3n) is 1.75. The van der Waals surface area contributed by atoms with E-state index in [2.05, 4.69) is 15.2 Å². The Morgan fingerprint density at radius 2 is 2.55 bits per heavy atom. The topological polar surface area (TPSA) is 76.8 Å². The maximum atomic E-state index is 5.36. The Morgan fingerprint density at radius 1 is 1.64 bits per heavy atom. The monoisotopic (exact) mass is 154 g/mol. The van der Waals surface area contributed by atoms with Gasteiger partial charge in [-0.15, -0.1) is 5.10 Å². The number of hydrogen-bond acceptors (Lipinski definition) is 4. The second kappa shape index (κ2) is 2.50. The van der Waals surface area contributed by atoms with Crippen LogP contribution in [0, 0.1) is 0 Å². The molecule has 0 aliphatic carbocycles. The molecule has 1 saturated heterocycles. The second-order valence-corrected chi connectivity index (χ2v) is 2.58. The minimum absolute atomic E-state index is 0.0831. The molecule has 0 unspecified atom stereocenters. The van der Waals surface area contributed by atoms with E-state index in [-0.39, 0.29) is 12.1 Å². The van der Waals surface area contributed by atoms with Crippen molar-refractivity contribution < 1.29 is 4.74 Å². The van der Waals surface area contributed by atoms with Crippen molar-refractivity contribution in [3.05, 3.63) is 5.82 Å². The van der Waals surface area contributed by atoms with Crippen molar-refractivity contribution in [2.75, 3.05) is 12.3 Å². The van der Waals surface area contributed by atoms with Crippen LogP contribution in [0.15, 0.2) is 0 Å². The smallest absolute Gasteiger partial charge is 0.239 e. The molecule has 1 aliphatic rings. The van der Waals surface area contributed by atoms with Crippen LogP contribution in [-0.2, 0) is 4.74 Å². The fourth-order valence-corrected chi connectivity index (χ4v) is 1.23. The van der Waals surface area contributed by atoms with Crippen molar-refractivity contribution in [2.24, 2.45) is 0 Å². The molecule has 0 saturated carbocycles. The van der Waals surface area contributed by atoms with Gasteiger partial charge in [-0.3, -0.25) is 5.10 Å². The quantitative estimate of drug-likeness (QED) is 0.607. The van der Waals surface area contributed by atoms with Gasteiger partial charge in [-0.25, -0.2) is 0 Å². The van der Waals surface area contributed by atoms with Crippen LogP contribution in [0.5, 0.6) is 0 Å². The molecule has 0 bridgehead atoms. The number of aromatic amines is 1. The van der Waals surface area contributed by atoms with E-state index in [4.69, 9.17) is 10.5 Å². The number of H-pyrrole nitrogens is 1. The number of nitrogen functional groups attached to an aromatic ring is 1. The van der Waals surface area contributed by atoms with E-state index >= 15 is 0 Å². The first kappa shape index (κ1) is 6.60. The number of nitrogens with one attached hydrogen (secondary N) is 1. The molecular weight excluding hydrogens is 144 g/mol. The zero-order valence-corrected chi connectivity index (χ0v) is 6.08. The number of nitrogens with two attached hydrogens (primary N) is 1. The number of hydrogen-bond donors (Lipinski definition) is 2. The van der Waals surface area contributed by atoms with Gasteiger partial charge in [0.05, 0.1) is 0 Å². The van der Waals surface area contributed by atoms with E-state index in [1.165, 1.54) is 0 Å². The third kappa shape index (κ3) is 1.19. The minimum atomic E-state index is 0.0831. The first-order chi connectivity index (χ1) is 5.36. The van der Waals surface area contributed by atoms with Crippen molar-refractivity contribution in [2.45, 2.75) is 18.9 Å². The van der Waals surface area contributed by atoms with Gasteiger partial charge in [0.15, 0.2) is 5.82 Å². The van der Waals surface area contributed by atoms with Crippen molar-refractivity contribution in [1.29, 1.82) is 0 Å². The molecule has 0 radical (unpaired) electrons. The van der Waals surface area contributed by atoms with Crippen molar-refractivity contribution >= 4 is 5.95 Å². The summed E-state index contributed by atoms with van der Waals surface area (Å²) < 4.78 is 5.36. The molecule has 1 aliphatic heterocycles. The summed E-state index contributed by atoms with van der Waals surface area (Å²) in [5, 5.41) is 6.46. The predicted molar refractivity (Wildman–Crippen MR) is 38.7 cm³/mol. The summed E-state index contributed by atoms with van der Waals surface area (Å²) in [6.07, 6.45) is 2.18. The Morgan fingerprint density at radius 3 is 3.09 bits per heavy atom. The molecular formula is C6H10N4O. The van der Waals surface area contributed by atoms with Gasteiger partial charge >= 0.3 is 0 Å². The Labute approximate surface area is 64.0 Å². The number of rotatable bonds is 1. The van der Waals surface area contributed by atoms with E-state index in [9.17, 15) is 0 Å². The number of aromatic nitrogens is 3. The Hall–Kier alpha value is -1.10. The van der Waals surface area contributed by atoms with Crippen molar-refractivity contribution in [1.82, 2.24) is 15.2 Å². The minimum Gasteiger partial charge on any atom is -0.370 e. The van der Waals surface area contributed by atoms with Gasteiger partial charge in [0.1, 0.15) is 6.10 Å². The average Bonchev–Trinajstić information content (AvgIpc) is 2.55. The summed E-state index contributed by atoms with van der Waals surface area (Å²) in [5.41, 5.74) is 5.34. The maximum Gasteiger partial charge on any atom is 0.239 e. The number of nitrogens with zero attached hydrogens (tertiary/aromatic N) is 2. The highest BCUT2D eigenvalue weighted by atomic mass is 16.5. The highest BCUT2D eigenvalue weighted by molar-refractivity contribution is 5.13. The van der Waals surface area contributed by atoms with Crippen molar-refractivity contribution in [3.63, 3.8) is 0 Å². The lowest BCUT2D eigenvalue weighted by Crippen LogP contribution is -1.98. The molecule has 0 amide bonds. The summed E-state index contributed by atoms with van der Waals surface area (Å²) in [6.45, 7) is 0.811. The molecule has 5 heteroatoms. The average molecular weight is 154 g/mol. The van der Waals surface area contributed by atoms with Gasteiger partial charge < -0.3 is 10.5 Å². The van der Waals surface area contributed by atoms with Gasteiger partial charge in [0.2, 0.25) is 5.95 Å².